The van der Waals surface area contributed by atoms with E-state index in [0.717, 1.165) is 12.0 Å². The fourth-order valence-corrected chi connectivity index (χ4v) is 1.75. The first-order valence-corrected chi connectivity index (χ1v) is 6.57. The maximum Gasteiger partial charge on any atom is 0.223 e. The van der Waals surface area contributed by atoms with Gasteiger partial charge in [0.2, 0.25) is 5.91 Å². The topological polar surface area (TPSA) is 57.0 Å². The molecule has 0 aliphatic heterocycles. The van der Waals surface area contributed by atoms with Gasteiger partial charge in [-0.25, -0.2) is 0 Å². The van der Waals surface area contributed by atoms with Crippen LogP contribution in [0.2, 0.25) is 0 Å². The number of carbonyl (C=O) groups is 1. The van der Waals surface area contributed by atoms with E-state index in [1.807, 2.05) is 26.0 Å². The zero-order valence-corrected chi connectivity index (χ0v) is 11.8. The highest BCUT2D eigenvalue weighted by molar-refractivity contribution is 5.76. The number of amides is 1. The minimum Gasteiger partial charge on any atom is -0.345 e. The first-order chi connectivity index (χ1) is 9.04. The molecule has 0 bridgehead atoms. The Kier molecular flexibility index (Phi) is 6.01. The molecule has 1 unspecified atom stereocenters. The van der Waals surface area contributed by atoms with Crippen LogP contribution in [0.4, 0.5) is 0 Å². The lowest BCUT2D eigenvalue weighted by Crippen LogP contribution is -2.31. The summed E-state index contributed by atoms with van der Waals surface area (Å²) in [5.74, 6) is 0.0488. The van der Waals surface area contributed by atoms with Crippen molar-refractivity contribution in [3.8, 4) is 6.07 Å². The number of carbonyl (C=O) groups excluding carboxylic acids is 1. The van der Waals surface area contributed by atoms with Gasteiger partial charge in [-0.1, -0.05) is 13.8 Å². The minimum absolute atomic E-state index is 0.0364. The van der Waals surface area contributed by atoms with Crippen LogP contribution in [0, 0.1) is 23.2 Å². The van der Waals surface area contributed by atoms with Crippen LogP contribution in [0.15, 0.2) is 24.5 Å². The number of hydrogen-bond acceptors (Lipinski definition) is 3. The molecule has 0 spiro atoms. The number of nitriles is 1. The molecule has 1 heterocycles. The normalized spacial score (nSPS) is 11.9. The van der Waals surface area contributed by atoms with Crippen molar-refractivity contribution >= 4 is 5.91 Å². The summed E-state index contributed by atoms with van der Waals surface area (Å²) in [6, 6.07) is 6.10. The molecular weight excluding hydrogens is 238 g/mol. The number of rotatable bonds is 6. The van der Waals surface area contributed by atoms with Crippen LogP contribution in [0.25, 0.3) is 0 Å². The molecule has 19 heavy (non-hydrogen) atoms. The molecule has 1 rings (SSSR count). The Morgan fingerprint density at radius 2 is 2.05 bits per heavy atom. The molecule has 0 aliphatic carbocycles. The summed E-state index contributed by atoms with van der Waals surface area (Å²) in [4.78, 5) is 17.7. The van der Waals surface area contributed by atoms with E-state index in [1.165, 1.54) is 0 Å². The van der Waals surface area contributed by atoms with E-state index in [9.17, 15) is 4.79 Å². The van der Waals surface area contributed by atoms with E-state index >= 15 is 0 Å². The van der Waals surface area contributed by atoms with Crippen molar-refractivity contribution in [2.24, 2.45) is 11.8 Å². The van der Waals surface area contributed by atoms with Gasteiger partial charge in [-0.15, -0.1) is 0 Å². The third-order valence-electron chi connectivity index (χ3n) is 3.28. The van der Waals surface area contributed by atoms with Gasteiger partial charge in [0.25, 0.3) is 0 Å². The zero-order chi connectivity index (χ0) is 14.3. The fourth-order valence-electron chi connectivity index (χ4n) is 1.75. The Labute approximate surface area is 115 Å². The van der Waals surface area contributed by atoms with Gasteiger partial charge in [-0.05, 0) is 30.0 Å². The quantitative estimate of drug-likeness (QED) is 0.787. The van der Waals surface area contributed by atoms with Crippen LogP contribution in [0.1, 0.15) is 25.8 Å². The number of hydrogen-bond donors (Lipinski definition) is 0. The molecule has 1 atom stereocenters. The third-order valence-corrected chi connectivity index (χ3v) is 3.28. The summed E-state index contributed by atoms with van der Waals surface area (Å²) in [7, 11) is 1.79. The zero-order valence-electron chi connectivity index (χ0n) is 11.8. The van der Waals surface area contributed by atoms with Crippen molar-refractivity contribution < 1.29 is 4.79 Å². The van der Waals surface area contributed by atoms with Gasteiger partial charge in [0.05, 0.1) is 12.0 Å². The standard InChI is InChI=1S/C15H21N3O/c1-12(2)14(11-16)10-15(19)18(3)9-6-13-4-7-17-8-5-13/h4-5,7-8,12,14H,6,9-10H2,1-3H3. The molecule has 0 radical (unpaired) electrons. The Bertz CT molecular complexity index is 436. The molecule has 0 N–H and O–H groups in total. The molecule has 4 heteroatoms. The number of likely N-dealkylation sites (N-methyl/N-ethyl adjacent to an activating group) is 1. The second-order valence-electron chi connectivity index (χ2n) is 5.10. The van der Waals surface area contributed by atoms with Gasteiger partial charge in [0.15, 0.2) is 0 Å². The van der Waals surface area contributed by atoms with Crippen molar-refractivity contribution in [1.82, 2.24) is 9.88 Å². The number of pyridine rings is 1. The summed E-state index contributed by atoms with van der Waals surface area (Å²) >= 11 is 0. The van der Waals surface area contributed by atoms with Gasteiger partial charge >= 0.3 is 0 Å². The molecule has 102 valence electrons. The van der Waals surface area contributed by atoms with Gasteiger partial charge < -0.3 is 4.90 Å². The van der Waals surface area contributed by atoms with E-state index < -0.39 is 0 Å². The summed E-state index contributed by atoms with van der Waals surface area (Å²) in [5.41, 5.74) is 1.16. The fraction of sp³-hybridized carbons (Fsp3) is 0.533. The lowest BCUT2D eigenvalue weighted by Gasteiger charge is -2.20. The largest absolute Gasteiger partial charge is 0.345 e. The molecular formula is C15H21N3O. The Morgan fingerprint density at radius 1 is 1.42 bits per heavy atom. The van der Waals surface area contributed by atoms with E-state index in [0.29, 0.717) is 13.0 Å². The minimum atomic E-state index is -0.198. The van der Waals surface area contributed by atoms with E-state index in [1.54, 1.807) is 24.3 Å². The maximum atomic E-state index is 12.0. The molecule has 1 aromatic heterocycles. The smallest absolute Gasteiger partial charge is 0.223 e. The van der Waals surface area contributed by atoms with Crippen molar-refractivity contribution in [1.29, 1.82) is 5.26 Å². The molecule has 1 amide bonds. The highest BCUT2D eigenvalue weighted by atomic mass is 16.2. The van der Waals surface area contributed by atoms with Crippen molar-refractivity contribution in [3.63, 3.8) is 0 Å². The monoisotopic (exact) mass is 259 g/mol. The van der Waals surface area contributed by atoms with Crippen LogP contribution >= 0.6 is 0 Å². The SMILES string of the molecule is CC(C)C(C#N)CC(=O)N(C)CCc1ccncc1. The van der Waals surface area contributed by atoms with Gasteiger partial charge in [-0.2, -0.15) is 5.26 Å². The average Bonchev–Trinajstić information content (AvgIpc) is 2.42. The highest BCUT2D eigenvalue weighted by Crippen LogP contribution is 2.15. The lowest BCUT2D eigenvalue weighted by molar-refractivity contribution is -0.130. The molecule has 0 saturated heterocycles. The molecule has 0 aromatic carbocycles. The summed E-state index contributed by atoms with van der Waals surface area (Å²) < 4.78 is 0. The summed E-state index contributed by atoms with van der Waals surface area (Å²) in [5, 5.41) is 9.01. The van der Waals surface area contributed by atoms with Crippen LogP contribution in [-0.4, -0.2) is 29.4 Å². The van der Waals surface area contributed by atoms with Gasteiger partial charge in [0, 0.05) is 32.4 Å². The lowest BCUT2D eigenvalue weighted by atomic mass is 9.93. The first-order valence-electron chi connectivity index (χ1n) is 6.57. The second kappa shape index (κ2) is 7.52. The van der Waals surface area contributed by atoms with E-state index in [4.69, 9.17) is 5.26 Å². The predicted octanol–water partition coefficient (Wildman–Crippen LogP) is 2.27. The average molecular weight is 259 g/mol. The van der Waals surface area contributed by atoms with Crippen LogP contribution in [0.3, 0.4) is 0 Å². The first kappa shape index (κ1) is 15.2. The Hall–Kier alpha value is -1.89. The third kappa shape index (κ3) is 5.09. The molecule has 1 aromatic rings. The van der Waals surface area contributed by atoms with Crippen molar-refractivity contribution in [2.75, 3.05) is 13.6 Å². The second-order valence-corrected chi connectivity index (χ2v) is 5.10. The van der Waals surface area contributed by atoms with Gasteiger partial charge in [-0.3, -0.25) is 9.78 Å². The van der Waals surface area contributed by atoms with Crippen LogP contribution in [-0.2, 0) is 11.2 Å². The Morgan fingerprint density at radius 3 is 2.58 bits per heavy atom. The molecule has 0 saturated carbocycles. The highest BCUT2D eigenvalue weighted by Gasteiger charge is 2.19. The van der Waals surface area contributed by atoms with Gasteiger partial charge in [0.1, 0.15) is 0 Å². The molecule has 0 aliphatic rings. The van der Waals surface area contributed by atoms with Crippen LogP contribution in [0.5, 0.6) is 0 Å². The number of aromatic nitrogens is 1. The molecule has 0 fully saturated rings. The predicted molar refractivity (Wildman–Crippen MR) is 74.1 cm³/mol. The van der Waals surface area contributed by atoms with E-state index in [2.05, 4.69) is 11.1 Å². The summed E-state index contributed by atoms with van der Waals surface area (Å²) in [6.07, 6.45) is 4.62. The van der Waals surface area contributed by atoms with Crippen molar-refractivity contribution in [3.05, 3.63) is 30.1 Å². The summed E-state index contributed by atoms with van der Waals surface area (Å²) in [6.45, 7) is 4.61. The van der Waals surface area contributed by atoms with E-state index in [-0.39, 0.29) is 17.7 Å². The molecule has 4 nitrogen and oxygen atoms in total. The Balaban J connectivity index is 2.43. The maximum absolute atomic E-state index is 12.0. The number of nitrogens with zero attached hydrogens (tertiary/aromatic N) is 3. The van der Waals surface area contributed by atoms with Crippen LogP contribution < -0.4 is 0 Å². The van der Waals surface area contributed by atoms with Crippen molar-refractivity contribution in [2.45, 2.75) is 26.7 Å².